The van der Waals surface area contributed by atoms with E-state index in [4.69, 9.17) is 0 Å². The quantitative estimate of drug-likeness (QED) is 0.852. The Bertz CT molecular complexity index is 579. The number of benzene rings is 1. The van der Waals surface area contributed by atoms with Crippen molar-refractivity contribution in [3.8, 4) is 0 Å². The molecule has 0 saturated heterocycles. The van der Waals surface area contributed by atoms with Crippen molar-refractivity contribution in [2.45, 2.75) is 13.3 Å². The van der Waals surface area contributed by atoms with Crippen LogP contribution in [0.25, 0.3) is 0 Å². The first-order valence-corrected chi connectivity index (χ1v) is 7.68. The molecule has 1 aliphatic heterocycles. The van der Waals surface area contributed by atoms with Crippen LogP contribution in [0.5, 0.6) is 0 Å². The second kappa shape index (κ2) is 4.97. The minimum absolute atomic E-state index is 0.633. The summed E-state index contributed by atoms with van der Waals surface area (Å²) in [6.07, 6.45) is 1.87. The van der Waals surface area contributed by atoms with Crippen molar-refractivity contribution in [2.24, 2.45) is 4.99 Å². The highest BCUT2D eigenvalue weighted by molar-refractivity contribution is 7.92. The van der Waals surface area contributed by atoms with Crippen molar-refractivity contribution < 1.29 is 8.42 Å². The largest absolute Gasteiger partial charge is 0.372 e. The van der Waals surface area contributed by atoms with Crippen LogP contribution < -0.4 is 10.0 Å². The maximum atomic E-state index is 11.3. The number of anilines is 1. The van der Waals surface area contributed by atoms with Gasteiger partial charge in [-0.25, -0.2) is 8.42 Å². The molecule has 1 aliphatic rings. The lowest BCUT2D eigenvalue weighted by Gasteiger charge is -2.12. The Labute approximate surface area is 107 Å². The molecule has 0 unspecified atom stereocenters. The molecule has 0 aliphatic carbocycles. The SMILES string of the molecule is Cc1c(CC2=NCCN2)cccc1NS(C)(=O)=O. The highest BCUT2D eigenvalue weighted by Crippen LogP contribution is 2.20. The third kappa shape index (κ3) is 3.22. The molecule has 0 amide bonds. The summed E-state index contributed by atoms with van der Waals surface area (Å²) in [6, 6.07) is 5.61. The molecule has 0 bridgehead atoms. The molecule has 98 valence electrons. The summed E-state index contributed by atoms with van der Waals surface area (Å²) in [6.45, 7) is 3.61. The molecule has 0 radical (unpaired) electrons. The van der Waals surface area contributed by atoms with Gasteiger partial charge in [0.15, 0.2) is 0 Å². The summed E-state index contributed by atoms with van der Waals surface area (Å²) in [7, 11) is -3.24. The Morgan fingerprint density at radius 1 is 1.44 bits per heavy atom. The number of hydrogen-bond donors (Lipinski definition) is 2. The van der Waals surface area contributed by atoms with Crippen LogP contribution in [-0.2, 0) is 16.4 Å². The molecule has 18 heavy (non-hydrogen) atoms. The summed E-state index contributed by atoms with van der Waals surface area (Å²) in [5.41, 5.74) is 2.66. The molecule has 6 heteroatoms. The average Bonchev–Trinajstić information content (AvgIpc) is 2.75. The van der Waals surface area contributed by atoms with Crippen molar-refractivity contribution >= 4 is 21.5 Å². The summed E-state index contributed by atoms with van der Waals surface area (Å²) in [5.74, 6) is 0.967. The van der Waals surface area contributed by atoms with E-state index in [1.54, 1.807) is 6.07 Å². The van der Waals surface area contributed by atoms with Crippen molar-refractivity contribution in [1.29, 1.82) is 0 Å². The number of amidine groups is 1. The van der Waals surface area contributed by atoms with E-state index in [-0.39, 0.29) is 0 Å². The van der Waals surface area contributed by atoms with E-state index < -0.39 is 10.0 Å². The molecule has 1 heterocycles. The lowest BCUT2D eigenvalue weighted by molar-refractivity contribution is 0.607. The van der Waals surface area contributed by atoms with E-state index in [1.807, 2.05) is 19.1 Å². The van der Waals surface area contributed by atoms with E-state index in [2.05, 4.69) is 15.0 Å². The minimum atomic E-state index is -3.24. The van der Waals surface area contributed by atoms with Crippen LogP contribution in [0.2, 0.25) is 0 Å². The average molecular weight is 267 g/mol. The van der Waals surface area contributed by atoms with Crippen molar-refractivity contribution in [1.82, 2.24) is 5.32 Å². The van der Waals surface area contributed by atoms with Crippen LogP contribution in [0, 0.1) is 6.92 Å². The zero-order valence-electron chi connectivity index (χ0n) is 10.5. The van der Waals surface area contributed by atoms with Crippen LogP contribution in [0.15, 0.2) is 23.2 Å². The van der Waals surface area contributed by atoms with Gasteiger partial charge < -0.3 is 5.32 Å². The normalized spacial score (nSPS) is 15.1. The van der Waals surface area contributed by atoms with Crippen molar-refractivity contribution in [3.05, 3.63) is 29.3 Å². The van der Waals surface area contributed by atoms with Gasteiger partial charge in [-0.1, -0.05) is 12.1 Å². The van der Waals surface area contributed by atoms with Crippen LogP contribution in [0.4, 0.5) is 5.69 Å². The third-order valence-electron chi connectivity index (χ3n) is 2.84. The number of rotatable bonds is 4. The lowest BCUT2D eigenvalue weighted by atomic mass is 10.0. The summed E-state index contributed by atoms with van der Waals surface area (Å²) >= 11 is 0. The first kappa shape index (κ1) is 12.9. The van der Waals surface area contributed by atoms with Gasteiger partial charge in [0.2, 0.25) is 10.0 Å². The second-order valence-corrected chi connectivity index (χ2v) is 6.14. The number of sulfonamides is 1. The molecule has 5 nitrogen and oxygen atoms in total. The molecule has 0 spiro atoms. The maximum Gasteiger partial charge on any atom is 0.229 e. The molecule has 1 aromatic rings. The molecule has 0 fully saturated rings. The Kier molecular flexibility index (Phi) is 3.56. The van der Waals surface area contributed by atoms with Crippen molar-refractivity contribution in [3.63, 3.8) is 0 Å². The fourth-order valence-corrected chi connectivity index (χ4v) is 2.55. The van der Waals surface area contributed by atoms with Gasteiger partial charge in [0.25, 0.3) is 0 Å². The van der Waals surface area contributed by atoms with Gasteiger partial charge in [-0.2, -0.15) is 0 Å². The number of hydrogen-bond acceptors (Lipinski definition) is 4. The molecule has 0 atom stereocenters. The molecule has 0 aromatic heterocycles. The van der Waals surface area contributed by atoms with Gasteiger partial charge in [0.05, 0.1) is 18.5 Å². The van der Waals surface area contributed by atoms with E-state index in [9.17, 15) is 8.42 Å². The predicted octanol–water partition coefficient (Wildman–Crippen LogP) is 0.911. The number of aliphatic imine (C=N–C) groups is 1. The van der Waals surface area contributed by atoms with Crippen LogP contribution in [-0.4, -0.2) is 33.6 Å². The van der Waals surface area contributed by atoms with Gasteiger partial charge in [-0.15, -0.1) is 0 Å². The zero-order chi connectivity index (χ0) is 13.2. The summed E-state index contributed by atoms with van der Waals surface area (Å²) in [5, 5.41) is 3.21. The zero-order valence-corrected chi connectivity index (χ0v) is 11.3. The smallest absolute Gasteiger partial charge is 0.229 e. The maximum absolute atomic E-state index is 11.3. The summed E-state index contributed by atoms with van der Waals surface area (Å²) in [4.78, 5) is 4.34. The molecule has 2 rings (SSSR count). The molecule has 0 saturated carbocycles. The third-order valence-corrected chi connectivity index (χ3v) is 3.43. The van der Waals surface area contributed by atoms with Gasteiger partial charge in [-0.3, -0.25) is 9.71 Å². The van der Waals surface area contributed by atoms with E-state index in [0.717, 1.165) is 36.3 Å². The van der Waals surface area contributed by atoms with Crippen LogP contribution in [0.1, 0.15) is 11.1 Å². The fourth-order valence-electron chi connectivity index (χ4n) is 1.93. The van der Waals surface area contributed by atoms with Gasteiger partial charge in [0.1, 0.15) is 5.84 Å². The Morgan fingerprint density at radius 3 is 2.83 bits per heavy atom. The van der Waals surface area contributed by atoms with E-state index >= 15 is 0 Å². The topological polar surface area (TPSA) is 70.6 Å². The standard InChI is InChI=1S/C12H17N3O2S/c1-9-10(8-12-13-6-7-14-12)4-3-5-11(9)15-18(2,16)17/h3-5,15H,6-8H2,1-2H3,(H,13,14). The molecule has 2 N–H and O–H groups in total. The highest BCUT2D eigenvalue weighted by Gasteiger charge is 2.11. The molecular weight excluding hydrogens is 250 g/mol. The second-order valence-electron chi connectivity index (χ2n) is 4.40. The Hall–Kier alpha value is -1.56. The fraction of sp³-hybridized carbons (Fsp3) is 0.417. The Balaban J connectivity index is 2.24. The highest BCUT2D eigenvalue weighted by atomic mass is 32.2. The number of nitrogens with one attached hydrogen (secondary N) is 2. The molecular formula is C12H17N3O2S. The van der Waals surface area contributed by atoms with Gasteiger partial charge >= 0.3 is 0 Å². The van der Waals surface area contributed by atoms with E-state index in [0.29, 0.717) is 12.1 Å². The van der Waals surface area contributed by atoms with E-state index in [1.165, 1.54) is 0 Å². The molecule has 1 aromatic carbocycles. The minimum Gasteiger partial charge on any atom is -0.372 e. The lowest BCUT2D eigenvalue weighted by Crippen LogP contribution is -2.21. The first-order chi connectivity index (χ1) is 8.46. The van der Waals surface area contributed by atoms with Gasteiger partial charge in [0, 0.05) is 13.0 Å². The monoisotopic (exact) mass is 267 g/mol. The first-order valence-electron chi connectivity index (χ1n) is 5.79. The summed E-state index contributed by atoms with van der Waals surface area (Å²) < 4.78 is 25.0. The van der Waals surface area contributed by atoms with Gasteiger partial charge in [-0.05, 0) is 24.1 Å². The van der Waals surface area contributed by atoms with Crippen LogP contribution in [0.3, 0.4) is 0 Å². The van der Waals surface area contributed by atoms with Crippen molar-refractivity contribution in [2.75, 3.05) is 24.1 Å². The Morgan fingerprint density at radius 2 is 2.22 bits per heavy atom. The predicted molar refractivity (Wildman–Crippen MR) is 73.7 cm³/mol. The number of nitrogens with zero attached hydrogens (tertiary/aromatic N) is 1. The van der Waals surface area contributed by atoms with Crippen LogP contribution >= 0.6 is 0 Å².